The summed E-state index contributed by atoms with van der Waals surface area (Å²) in [7, 11) is -2.41. The minimum absolute atomic E-state index is 0.0371. The molecule has 0 radical (unpaired) electrons. The predicted octanol–water partition coefficient (Wildman–Crippen LogP) is 5.14. The fourth-order valence-electron chi connectivity index (χ4n) is 5.57. The Labute approximate surface area is 316 Å². The normalized spacial score (nSPS) is 15.5. The molecule has 1 aliphatic carbocycles. The number of amides is 1. The van der Waals surface area contributed by atoms with Crippen LogP contribution in [0.1, 0.15) is 40.4 Å². The van der Waals surface area contributed by atoms with E-state index in [2.05, 4.69) is 19.9 Å². The third-order valence-corrected chi connectivity index (χ3v) is 10.4. The second-order valence-electron chi connectivity index (χ2n) is 12.5. The molecule has 1 N–H and O–H groups in total. The molecule has 2 aliphatic rings. The number of hydrogen-bond acceptors (Lipinski definition) is 11. The van der Waals surface area contributed by atoms with Crippen molar-refractivity contribution in [3.8, 4) is 17.2 Å². The average molecular weight is 802 g/mol. The van der Waals surface area contributed by atoms with E-state index in [1.165, 1.54) is 60.2 Å². The van der Waals surface area contributed by atoms with Gasteiger partial charge in [-0.2, -0.15) is 8.78 Å². The number of aromatic nitrogens is 1. The molecule has 1 aliphatic heterocycles. The van der Waals surface area contributed by atoms with Gasteiger partial charge in [-0.15, -0.1) is 0 Å². The Kier molecular flexibility index (Phi) is 14.0. The molecule has 3 aromatic rings. The molecular formula is C35H40Cl2F2N4O9S. The number of halogens is 4. The first-order valence-corrected chi connectivity index (χ1v) is 19.4. The molecule has 1 aromatic heterocycles. The minimum atomic E-state index is -3.80. The first kappa shape index (κ1) is 40.2. The zero-order valence-electron chi connectivity index (χ0n) is 29.1. The van der Waals surface area contributed by atoms with E-state index in [1.807, 2.05) is 0 Å². The maximum absolute atomic E-state index is 13.3. The van der Waals surface area contributed by atoms with Gasteiger partial charge in [-0.3, -0.25) is 23.8 Å². The third-order valence-electron chi connectivity index (χ3n) is 8.57. The van der Waals surface area contributed by atoms with E-state index in [9.17, 15) is 26.8 Å². The number of sulfonamides is 1. The van der Waals surface area contributed by atoms with E-state index in [0.717, 1.165) is 19.1 Å². The van der Waals surface area contributed by atoms with Gasteiger partial charge in [0.15, 0.2) is 11.5 Å². The summed E-state index contributed by atoms with van der Waals surface area (Å²) in [5.41, 5.74) is 0.989. The minimum Gasteiger partial charge on any atom is -0.495 e. The highest BCUT2D eigenvalue weighted by Crippen LogP contribution is 2.38. The molecule has 0 spiro atoms. The Morgan fingerprint density at radius 2 is 1.75 bits per heavy atom. The molecule has 2 aromatic carbocycles. The molecule has 1 atom stereocenters. The Hall–Kier alpha value is -3.96. The van der Waals surface area contributed by atoms with E-state index in [0.29, 0.717) is 56.5 Å². The van der Waals surface area contributed by atoms with Crippen LogP contribution in [0.25, 0.3) is 0 Å². The van der Waals surface area contributed by atoms with Crippen LogP contribution in [0.15, 0.2) is 48.8 Å². The number of nitrogens with one attached hydrogen (secondary N) is 1. The number of benzene rings is 2. The van der Waals surface area contributed by atoms with Crippen molar-refractivity contribution >= 4 is 50.8 Å². The van der Waals surface area contributed by atoms with E-state index in [4.69, 9.17) is 42.1 Å². The molecule has 0 unspecified atom stereocenters. The highest BCUT2D eigenvalue weighted by Gasteiger charge is 2.27. The molecule has 288 valence electrons. The van der Waals surface area contributed by atoms with E-state index in [-0.39, 0.29) is 51.5 Å². The fraction of sp³-hybridized carbons (Fsp3) is 0.457. The smallest absolute Gasteiger partial charge is 0.387 e. The highest BCUT2D eigenvalue weighted by atomic mass is 35.5. The SMILES string of the molecule is COc1ccc(C(=O)NCC(=O)O[C@@H](Cc2c(Cl)cncc2Cl)c2ccc(OC(F)F)c(OCC3CC3)c2)cc1N(CCN1CCOCC1)S(C)(=O)=O. The second kappa shape index (κ2) is 18.4. The van der Waals surface area contributed by atoms with Crippen molar-refractivity contribution < 1.29 is 50.5 Å². The van der Waals surface area contributed by atoms with Crippen LogP contribution in [-0.4, -0.2) is 103 Å². The van der Waals surface area contributed by atoms with Crippen LogP contribution >= 0.6 is 23.2 Å². The van der Waals surface area contributed by atoms with E-state index in [1.54, 1.807) is 0 Å². The Morgan fingerprint density at radius 3 is 2.40 bits per heavy atom. The summed E-state index contributed by atoms with van der Waals surface area (Å²) in [6, 6.07) is 8.48. The van der Waals surface area contributed by atoms with Gasteiger partial charge in [-0.1, -0.05) is 29.3 Å². The lowest BCUT2D eigenvalue weighted by atomic mass is 10.0. The van der Waals surface area contributed by atoms with Crippen molar-refractivity contribution in [2.45, 2.75) is 32.0 Å². The summed E-state index contributed by atoms with van der Waals surface area (Å²) in [4.78, 5) is 32.7. The fourth-order valence-corrected chi connectivity index (χ4v) is 7.00. The predicted molar refractivity (Wildman–Crippen MR) is 193 cm³/mol. The van der Waals surface area contributed by atoms with Gasteiger partial charge in [0.2, 0.25) is 10.0 Å². The highest BCUT2D eigenvalue weighted by molar-refractivity contribution is 7.92. The van der Waals surface area contributed by atoms with Crippen LogP contribution in [0.5, 0.6) is 17.2 Å². The molecule has 0 bridgehead atoms. The van der Waals surface area contributed by atoms with Crippen molar-refractivity contribution in [1.82, 2.24) is 15.2 Å². The van der Waals surface area contributed by atoms with Gasteiger partial charge >= 0.3 is 12.6 Å². The number of nitrogens with zero attached hydrogens (tertiary/aromatic N) is 3. The molecule has 1 saturated carbocycles. The number of morpholine rings is 1. The van der Waals surface area contributed by atoms with Crippen molar-refractivity contribution in [2.75, 3.05) is 70.2 Å². The number of hydrogen-bond donors (Lipinski definition) is 1. The van der Waals surface area contributed by atoms with Crippen LogP contribution in [0.2, 0.25) is 10.0 Å². The summed E-state index contributed by atoms with van der Waals surface area (Å²) < 4.78 is 80.5. The second-order valence-corrected chi connectivity index (χ2v) is 15.2. The maximum Gasteiger partial charge on any atom is 0.387 e. The van der Waals surface area contributed by atoms with Gasteiger partial charge in [0.1, 0.15) is 18.4 Å². The Bertz CT molecular complexity index is 1840. The van der Waals surface area contributed by atoms with Crippen molar-refractivity contribution in [3.05, 3.63) is 75.5 Å². The summed E-state index contributed by atoms with van der Waals surface area (Å²) in [6.07, 6.45) is 4.63. The molecular weight excluding hydrogens is 761 g/mol. The molecule has 53 heavy (non-hydrogen) atoms. The van der Waals surface area contributed by atoms with Gasteiger partial charge in [-0.25, -0.2) is 8.42 Å². The number of carbonyl (C=O) groups is 2. The van der Waals surface area contributed by atoms with E-state index < -0.39 is 41.2 Å². The average Bonchev–Trinajstić information content (AvgIpc) is 3.96. The lowest BCUT2D eigenvalue weighted by molar-refractivity contribution is -0.148. The number of ether oxygens (including phenoxy) is 5. The number of pyridine rings is 1. The van der Waals surface area contributed by atoms with Gasteiger partial charge in [0.05, 0.1) is 48.9 Å². The summed E-state index contributed by atoms with van der Waals surface area (Å²) >= 11 is 12.8. The molecule has 18 heteroatoms. The lowest BCUT2D eigenvalue weighted by Crippen LogP contribution is -2.43. The van der Waals surface area contributed by atoms with Crippen LogP contribution in [0, 0.1) is 5.92 Å². The van der Waals surface area contributed by atoms with Gasteiger partial charge in [-0.05, 0) is 60.2 Å². The first-order valence-electron chi connectivity index (χ1n) is 16.7. The van der Waals surface area contributed by atoms with Crippen LogP contribution in [0.4, 0.5) is 14.5 Å². The molecule has 13 nitrogen and oxygen atoms in total. The summed E-state index contributed by atoms with van der Waals surface area (Å²) in [6.45, 7) is -0.452. The number of carbonyl (C=O) groups excluding carboxylic acids is 2. The topological polar surface area (TPSA) is 146 Å². The number of esters is 1. The molecule has 5 rings (SSSR count). The molecule has 1 saturated heterocycles. The van der Waals surface area contributed by atoms with Crippen LogP contribution < -0.4 is 23.8 Å². The van der Waals surface area contributed by atoms with Gasteiger partial charge in [0.25, 0.3) is 5.91 Å². The number of anilines is 1. The quantitative estimate of drug-likeness (QED) is 0.171. The molecule has 2 heterocycles. The monoisotopic (exact) mass is 800 g/mol. The summed E-state index contributed by atoms with van der Waals surface area (Å²) in [5, 5.41) is 2.93. The van der Waals surface area contributed by atoms with Crippen LogP contribution in [0.3, 0.4) is 0 Å². The first-order chi connectivity index (χ1) is 25.3. The van der Waals surface area contributed by atoms with Crippen LogP contribution in [-0.2, 0) is 30.7 Å². The Morgan fingerprint density at radius 1 is 1.06 bits per heavy atom. The van der Waals surface area contributed by atoms with Crippen molar-refractivity contribution in [3.63, 3.8) is 0 Å². The number of rotatable bonds is 18. The molecule has 1 amide bonds. The number of alkyl halides is 2. The van der Waals surface area contributed by atoms with E-state index >= 15 is 0 Å². The van der Waals surface area contributed by atoms with Gasteiger partial charge < -0.3 is 29.0 Å². The Balaban J connectivity index is 1.33. The van der Waals surface area contributed by atoms with Crippen molar-refractivity contribution in [1.29, 1.82) is 0 Å². The lowest BCUT2D eigenvalue weighted by Gasteiger charge is -2.30. The van der Waals surface area contributed by atoms with Crippen molar-refractivity contribution in [2.24, 2.45) is 5.92 Å². The zero-order chi connectivity index (χ0) is 38.1. The zero-order valence-corrected chi connectivity index (χ0v) is 31.4. The standard InChI is InChI=1S/C35H40Cl2F2N4O9S/c1-48-29-7-6-24(15-28(29)43(53(2,46)47)10-9-42-11-13-49-14-12-42)34(45)41-20-33(44)51-31(17-25-26(36)18-40-19-27(25)37)23-5-8-30(52-35(38)39)32(16-23)50-21-22-3-4-22/h5-8,15-16,18-19,22,31,35H,3-4,9-14,17,20-21H2,1-2H3,(H,41,45)/t31-/m0/s1. The third kappa shape index (κ3) is 11.5. The number of methoxy groups -OCH3 is 1. The maximum atomic E-state index is 13.3. The van der Waals surface area contributed by atoms with Gasteiger partial charge in [0, 0.05) is 50.6 Å². The molecule has 2 fully saturated rings. The summed E-state index contributed by atoms with van der Waals surface area (Å²) in [5.74, 6) is -1.15. The largest absolute Gasteiger partial charge is 0.495 e.